The number of halogens is 2. The Hall–Kier alpha value is -9.93. The van der Waals surface area contributed by atoms with Gasteiger partial charge in [0, 0.05) is 52.2 Å². The van der Waals surface area contributed by atoms with E-state index in [4.69, 9.17) is 63.1 Å². The van der Waals surface area contributed by atoms with Crippen LogP contribution >= 0.6 is 35.0 Å². The Morgan fingerprint density at radius 1 is 0.734 bits per heavy atom. The van der Waals surface area contributed by atoms with Gasteiger partial charge in [0.05, 0.1) is 40.8 Å². The lowest BCUT2D eigenvalue weighted by atomic mass is 9.86. The Bertz CT molecular complexity index is 4630. The number of nitrogens with one attached hydrogen (secondary N) is 8. The highest BCUT2D eigenvalue weighted by Crippen LogP contribution is 2.50. The number of nitrogens with zero attached hydrogens (tertiary/aromatic N) is 1. The number of likely N-dealkylation sites (N-methyl/N-ethyl adjacent to an activating group) is 1. The first kappa shape index (κ1) is 80.1. The van der Waals surface area contributed by atoms with Crippen LogP contribution in [0.15, 0.2) is 94.9 Å². The summed E-state index contributed by atoms with van der Waals surface area (Å²) in [5.74, 6) is -16.3. The summed E-state index contributed by atoms with van der Waals surface area (Å²) in [6, 6.07) is 0.540. The maximum absolute atomic E-state index is 16.2. The average Bonchev–Trinajstić information content (AvgIpc) is 0.767. The van der Waals surface area contributed by atoms with E-state index in [1.165, 1.54) is 39.1 Å². The second kappa shape index (κ2) is 32.7. The zero-order valence-electron chi connectivity index (χ0n) is 58.7. The van der Waals surface area contributed by atoms with Crippen LogP contribution in [0.4, 0.5) is 0 Å². The molecule has 11 bridgehead atoms. The molecule has 6 aromatic rings. The fraction of sp³-hybridized carbons (Fsp3) is 0.408. The third-order valence-electron chi connectivity index (χ3n) is 18.8. The van der Waals surface area contributed by atoms with E-state index in [9.17, 15) is 74.7 Å². The fourth-order valence-corrected chi connectivity index (χ4v) is 14.7. The summed E-state index contributed by atoms with van der Waals surface area (Å²) >= 11 is 15.2. The molecule has 582 valence electrons. The highest BCUT2D eigenvalue weighted by atomic mass is 35.5. The van der Waals surface area contributed by atoms with Gasteiger partial charge in [0.2, 0.25) is 53.4 Å². The van der Waals surface area contributed by atoms with E-state index in [0.29, 0.717) is 5.69 Å². The minimum absolute atomic E-state index is 0.0622. The summed E-state index contributed by atoms with van der Waals surface area (Å²) in [6.07, 6.45) is -18.5. The number of aryl methyl sites for hydroxylation is 1. The van der Waals surface area contributed by atoms with E-state index in [-0.39, 0.29) is 57.1 Å². The quantitative estimate of drug-likeness (QED) is 0.0509. The molecule has 109 heavy (non-hydrogen) atoms. The molecule has 0 spiro atoms. The number of phenolic OH excluding ortho intramolecular Hbond substituents is 3. The number of thioether (sulfide) groups is 1. The van der Waals surface area contributed by atoms with Crippen LogP contribution in [0.25, 0.3) is 11.1 Å². The van der Waals surface area contributed by atoms with Gasteiger partial charge in [-0.1, -0.05) is 67.0 Å². The number of hydrogen-bond acceptors (Lipinski definition) is 27. The largest absolute Gasteiger partial charge is 0.508 e. The molecule has 13 rings (SSSR count). The van der Waals surface area contributed by atoms with Crippen molar-refractivity contribution < 1.29 is 113 Å². The predicted octanol–water partition coefficient (Wildman–Crippen LogP) is 1.30. The molecule has 2 saturated heterocycles. The van der Waals surface area contributed by atoms with Gasteiger partial charge in [0.1, 0.15) is 83.4 Å². The molecule has 1 aromatic heterocycles. The number of benzene rings is 5. The van der Waals surface area contributed by atoms with Crippen molar-refractivity contribution in [2.24, 2.45) is 17.4 Å². The van der Waals surface area contributed by atoms with Crippen LogP contribution in [0, 0.1) is 12.8 Å². The molecular weight excluding hydrogens is 1490 g/mol. The van der Waals surface area contributed by atoms with Gasteiger partial charge in [-0.3, -0.25) is 38.4 Å². The van der Waals surface area contributed by atoms with Crippen molar-refractivity contribution in [2.45, 2.75) is 168 Å². The van der Waals surface area contributed by atoms with Crippen LogP contribution in [0.2, 0.25) is 10.0 Å². The first-order valence-electron chi connectivity index (χ1n) is 34.0. The maximum atomic E-state index is 16.2. The van der Waals surface area contributed by atoms with Gasteiger partial charge in [-0.25, -0.2) is 9.78 Å². The topological polar surface area (TPSA) is 556 Å². The number of primary amides is 1. The number of nitrogens with two attached hydrogens (primary N) is 2. The van der Waals surface area contributed by atoms with Crippen molar-refractivity contribution in [2.75, 3.05) is 12.8 Å². The number of amides is 7. The van der Waals surface area contributed by atoms with Crippen molar-refractivity contribution in [1.29, 1.82) is 0 Å². The minimum atomic E-state index is -2.36. The number of hydrogen-bond donors (Lipinski definition) is 19. The van der Waals surface area contributed by atoms with Crippen molar-refractivity contribution in [3.05, 3.63) is 139 Å². The van der Waals surface area contributed by atoms with Crippen molar-refractivity contribution >= 4 is 82.3 Å². The zero-order valence-corrected chi connectivity index (χ0v) is 61.0. The number of aromatic amines is 1. The standard InChI is InChI=1S/C71H79Cl2N11O24S/c1-25(2)13-37(76-6)62(95)83-53-55(90)29-8-11-41(35(72)16-29)104-43-18-31-19-44(59(43)108-69-60(107-48-23-71(5,75)61(94)27(4)103-48)58(93)57(92)45(106-69)24-109-70-77-26(3)14-47(89)79-70)105-42-12-9-30(17-36(42)73)56(91)54-67(100)82-52(68(101)102)34-20-32(85)21-40(87)49(34)33-15-28(7-10-39(33)86)50(64(97)84-54)81-65(98)51(31)80-63(96)38(22-46(74)88)78-66(53)99/h7-12,14-21,25,27,37-38,45,48,50-58,60-61,69,76,85-87,90-94H,13,22-24,75H2,1-6H3,(H2,74,88)(H,78,99)(H,80,96)(H,81,98)(H,82,100)(H,83,95)(H,84,97)(H,101,102)(H,77,79,89)/t27?,37-,38-,45?,48?,50?,51+,52+,53+,54-,55+,56+,57?,58?,60?,61?,69?,71?/m0/s1. The molecule has 0 aliphatic carbocycles. The Morgan fingerprint density at radius 3 is 1.96 bits per heavy atom. The highest BCUT2D eigenvalue weighted by molar-refractivity contribution is 7.99. The molecule has 18 atom stereocenters. The number of carboxylic acid groups (broad SMARTS) is 1. The van der Waals surface area contributed by atoms with E-state index in [1.807, 2.05) is 13.8 Å². The SMILES string of the molecule is CN[C@@H](CC(C)C)C(=O)N[C@H]1C(=O)N[C@@H](CC(N)=O)C(=O)N[C@H]2C(=O)NC3C(=O)N[C@H](C(=O)N[C@@H](C(=O)O)c4cc(O)cc(O)c4-c4cc3ccc4O)[C@H](O)c3ccc(c(Cl)c3)Oc3cc2cc(c3OC2OC(CSc3nc(C)cc(=O)[nH]3)C(O)C(O)C2OC2CC(C)(N)C(O)C(C)O2)Oc2ccc(cc2Cl)[C@H]1O. The van der Waals surface area contributed by atoms with E-state index < -0.39 is 236 Å². The fourth-order valence-electron chi connectivity index (χ4n) is 13.3. The lowest BCUT2D eigenvalue weighted by Crippen LogP contribution is -2.64. The Labute approximate surface area is 633 Å². The molecular formula is C71H79Cl2N11O24S. The normalized spacial score (nSPS) is 28.1. The van der Waals surface area contributed by atoms with Crippen molar-refractivity contribution in [3.63, 3.8) is 0 Å². The van der Waals surface area contributed by atoms with Crippen LogP contribution in [0.3, 0.4) is 0 Å². The summed E-state index contributed by atoms with van der Waals surface area (Å²) in [5, 5.41) is 122. The number of ether oxygens (including phenoxy) is 6. The molecule has 10 unspecified atom stereocenters. The predicted molar refractivity (Wildman–Crippen MR) is 383 cm³/mol. The van der Waals surface area contributed by atoms with Crippen LogP contribution < -0.4 is 68.5 Å². The van der Waals surface area contributed by atoms with Crippen LogP contribution in [-0.2, 0) is 52.6 Å². The Kier molecular flexibility index (Phi) is 24.0. The third-order valence-corrected chi connectivity index (χ3v) is 20.4. The number of carbonyl (C=O) groups is 8. The number of fused-ring (bicyclic) bond motifs is 15. The number of aromatic hydroxyl groups is 3. The molecule has 8 heterocycles. The highest BCUT2D eigenvalue weighted by Gasteiger charge is 2.52. The summed E-state index contributed by atoms with van der Waals surface area (Å²) in [5.41, 5.74) is 7.87. The first-order chi connectivity index (χ1) is 51.5. The molecule has 21 N–H and O–H groups in total. The van der Waals surface area contributed by atoms with Gasteiger partial charge in [-0.05, 0) is 117 Å². The van der Waals surface area contributed by atoms with E-state index in [0.717, 1.165) is 78.5 Å². The molecule has 7 amide bonds. The number of carboxylic acids is 1. The van der Waals surface area contributed by atoms with E-state index >= 15 is 14.4 Å². The molecule has 7 aliphatic rings. The Morgan fingerprint density at radius 2 is 1.36 bits per heavy atom. The van der Waals surface area contributed by atoms with Crippen molar-refractivity contribution in [3.8, 4) is 57.1 Å². The second-order valence-electron chi connectivity index (χ2n) is 27.5. The number of aromatic nitrogens is 2. The number of carbonyl (C=O) groups excluding carboxylic acids is 7. The van der Waals surface area contributed by atoms with Crippen LogP contribution in [0.1, 0.15) is 111 Å². The van der Waals surface area contributed by atoms with Crippen LogP contribution in [0.5, 0.6) is 46.0 Å². The van der Waals surface area contributed by atoms with Crippen LogP contribution in [-0.4, -0.2) is 195 Å². The number of rotatable bonds is 15. The molecule has 38 heteroatoms. The average molecular weight is 1570 g/mol. The molecule has 35 nitrogen and oxygen atoms in total. The first-order valence-corrected chi connectivity index (χ1v) is 35.8. The third kappa shape index (κ3) is 17.6. The molecule has 0 saturated carbocycles. The summed E-state index contributed by atoms with van der Waals surface area (Å²) < 4.78 is 39.4. The number of phenols is 3. The monoisotopic (exact) mass is 1570 g/mol. The summed E-state index contributed by atoms with van der Waals surface area (Å²) in [6.45, 7) is 8.21. The number of aliphatic hydroxyl groups is 5. The van der Waals surface area contributed by atoms with Gasteiger partial charge in [-0.2, -0.15) is 0 Å². The van der Waals surface area contributed by atoms with Gasteiger partial charge in [-0.15, -0.1) is 0 Å². The van der Waals surface area contributed by atoms with Gasteiger partial charge >= 0.3 is 5.97 Å². The summed E-state index contributed by atoms with van der Waals surface area (Å²) in [7, 11) is 1.47. The summed E-state index contributed by atoms with van der Waals surface area (Å²) in [4.78, 5) is 137. The number of H-pyrrole nitrogens is 1. The van der Waals surface area contributed by atoms with Crippen molar-refractivity contribution in [1.82, 2.24) is 47.2 Å². The maximum Gasteiger partial charge on any atom is 0.330 e. The minimum Gasteiger partial charge on any atom is -0.508 e. The molecule has 5 aromatic carbocycles. The molecule has 7 aliphatic heterocycles. The van der Waals surface area contributed by atoms with Gasteiger partial charge < -0.3 is 128 Å². The van der Waals surface area contributed by atoms with E-state index in [1.54, 1.807) is 6.92 Å². The lowest BCUT2D eigenvalue weighted by Gasteiger charge is -2.47. The zero-order chi connectivity index (χ0) is 79.1. The van der Waals surface area contributed by atoms with Gasteiger partial charge in [0.25, 0.3) is 5.56 Å². The smallest absolute Gasteiger partial charge is 0.330 e. The van der Waals surface area contributed by atoms with E-state index in [2.05, 4.69) is 47.2 Å². The Balaban J connectivity index is 1.17. The van der Waals surface area contributed by atoms with Gasteiger partial charge in [0.15, 0.2) is 35.1 Å². The lowest BCUT2D eigenvalue weighted by molar-refractivity contribution is -0.329. The molecule has 0 radical (unpaired) electrons. The molecule has 2 fully saturated rings. The second-order valence-corrected chi connectivity index (χ2v) is 29.4. The number of aliphatic hydroxyl groups excluding tert-OH is 5. The number of aliphatic carboxylic acids is 1.